The predicted molar refractivity (Wildman–Crippen MR) is 68.8 cm³/mol. The van der Waals surface area contributed by atoms with Crippen molar-refractivity contribution in [3.8, 4) is 17.6 Å². The molecular weight excluding hydrogens is 338 g/mol. The molecule has 0 bridgehead atoms. The van der Waals surface area contributed by atoms with Crippen LogP contribution in [0.15, 0.2) is 27.7 Å². The highest BCUT2D eigenvalue weighted by atomic mass is 79.9. The van der Waals surface area contributed by atoms with E-state index in [1.165, 1.54) is 7.11 Å². The summed E-state index contributed by atoms with van der Waals surface area (Å²) in [6, 6.07) is 3.68. The third-order valence-corrected chi connectivity index (χ3v) is 3.93. The first-order valence-corrected chi connectivity index (χ1v) is 5.94. The highest BCUT2D eigenvalue weighted by Gasteiger charge is 2.16. The minimum atomic E-state index is 0.368. The SMILES string of the molecule is C=CCOc1c(OC)cc(C#N)c(Br)c1Br. The van der Waals surface area contributed by atoms with Gasteiger partial charge in [0.05, 0.1) is 21.6 Å². The number of rotatable bonds is 4. The second-order valence-corrected chi connectivity index (χ2v) is 4.38. The van der Waals surface area contributed by atoms with Crippen molar-refractivity contribution in [2.45, 2.75) is 0 Å². The quantitative estimate of drug-likeness (QED) is 0.781. The molecule has 1 aromatic carbocycles. The lowest BCUT2D eigenvalue weighted by molar-refractivity contribution is 0.324. The van der Waals surface area contributed by atoms with E-state index in [2.05, 4.69) is 44.5 Å². The molecule has 0 saturated heterocycles. The van der Waals surface area contributed by atoms with Crippen LogP contribution in [0.2, 0.25) is 0 Å². The lowest BCUT2D eigenvalue weighted by Crippen LogP contribution is -1.98. The number of ether oxygens (including phenoxy) is 2. The van der Waals surface area contributed by atoms with Crippen LogP contribution in [0.5, 0.6) is 11.5 Å². The zero-order valence-corrected chi connectivity index (χ0v) is 11.8. The molecule has 1 aromatic rings. The van der Waals surface area contributed by atoms with Crippen molar-refractivity contribution in [1.82, 2.24) is 0 Å². The van der Waals surface area contributed by atoms with Crippen molar-refractivity contribution >= 4 is 31.9 Å². The van der Waals surface area contributed by atoms with Crippen molar-refractivity contribution < 1.29 is 9.47 Å². The van der Waals surface area contributed by atoms with Crippen LogP contribution in [-0.4, -0.2) is 13.7 Å². The van der Waals surface area contributed by atoms with Gasteiger partial charge in [-0.15, -0.1) is 0 Å². The first-order chi connectivity index (χ1) is 7.65. The highest BCUT2D eigenvalue weighted by molar-refractivity contribution is 9.13. The Hall–Kier alpha value is -0.990. The summed E-state index contributed by atoms with van der Waals surface area (Å²) in [6.45, 7) is 3.94. The van der Waals surface area contributed by atoms with Gasteiger partial charge in [-0.25, -0.2) is 0 Å². The summed E-state index contributed by atoms with van der Waals surface area (Å²) in [5, 5.41) is 8.92. The Morgan fingerprint density at radius 2 is 2.19 bits per heavy atom. The number of nitrogens with zero attached hydrogens (tertiary/aromatic N) is 1. The second kappa shape index (κ2) is 5.92. The van der Waals surface area contributed by atoms with Crippen LogP contribution in [0, 0.1) is 11.3 Å². The van der Waals surface area contributed by atoms with Crippen LogP contribution in [0.3, 0.4) is 0 Å². The Kier molecular flexibility index (Phi) is 4.84. The van der Waals surface area contributed by atoms with E-state index in [0.717, 1.165) is 0 Å². The summed E-state index contributed by atoms with van der Waals surface area (Å²) in [4.78, 5) is 0. The summed E-state index contributed by atoms with van der Waals surface area (Å²) in [5.41, 5.74) is 0.481. The standard InChI is InChI=1S/C11H9Br2NO2/c1-3-4-16-11-8(15-2)5-7(6-14)9(12)10(11)13/h3,5H,1,4H2,2H3. The maximum Gasteiger partial charge on any atom is 0.177 e. The third kappa shape index (κ3) is 2.57. The lowest BCUT2D eigenvalue weighted by atomic mass is 10.2. The molecule has 0 spiro atoms. The fourth-order valence-corrected chi connectivity index (χ4v) is 2.00. The smallest absolute Gasteiger partial charge is 0.177 e. The number of benzene rings is 1. The fraction of sp³-hybridized carbons (Fsp3) is 0.182. The topological polar surface area (TPSA) is 42.2 Å². The zero-order valence-electron chi connectivity index (χ0n) is 8.59. The molecule has 0 radical (unpaired) electrons. The molecule has 16 heavy (non-hydrogen) atoms. The van der Waals surface area contributed by atoms with Crippen LogP contribution >= 0.6 is 31.9 Å². The van der Waals surface area contributed by atoms with Gasteiger partial charge in [0.25, 0.3) is 0 Å². The Balaban J connectivity index is 3.30. The molecule has 3 nitrogen and oxygen atoms in total. The zero-order chi connectivity index (χ0) is 12.1. The first kappa shape index (κ1) is 13.1. The summed E-state index contributed by atoms with van der Waals surface area (Å²) in [7, 11) is 1.53. The molecule has 0 heterocycles. The van der Waals surface area contributed by atoms with Gasteiger partial charge in [0.15, 0.2) is 11.5 Å². The van der Waals surface area contributed by atoms with Crippen LogP contribution in [-0.2, 0) is 0 Å². The summed E-state index contributed by atoms with van der Waals surface area (Å²) >= 11 is 6.67. The average molecular weight is 347 g/mol. The van der Waals surface area contributed by atoms with Crippen molar-refractivity contribution in [1.29, 1.82) is 5.26 Å². The van der Waals surface area contributed by atoms with E-state index in [0.29, 0.717) is 32.6 Å². The minimum absolute atomic E-state index is 0.368. The van der Waals surface area contributed by atoms with Crippen molar-refractivity contribution in [2.24, 2.45) is 0 Å². The Morgan fingerprint density at radius 3 is 2.69 bits per heavy atom. The van der Waals surface area contributed by atoms with Gasteiger partial charge in [0.1, 0.15) is 12.7 Å². The molecule has 0 atom stereocenters. The molecule has 0 amide bonds. The van der Waals surface area contributed by atoms with E-state index < -0.39 is 0 Å². The van der Waals surface area contributed by atoms with Gasteiger partial charge in [0, 0.05) is 6.07 Å². The molecule has 0 fully saturated rings. The van der Waals surface area contributed by atoms with Crippen LogP contribution < -0.4 is 9.47 Å². The summed E-state index contributed by atoms with van der Waals surface area (Å²) in [5.74, 6) is 1.06. The van der Waals surface area contributed by atoms with Gasteiger partial charge in [-0.2, -0.15) is 5.26 Å². The molecule has 5 heteroatoms. The maximum atomic E-state index is 8.92. The number of hydrogen-bond acceptors (Lipinski definition) is 3. The summed E-state index contributed by atoms with van der Waals surface area (Å²) < 4.78 is 11.9. The van der Waals surface area contributed by atoms with Crippen molar-refractivity contribution in [3.63, 3.8) is 0 Å². The monoisotopic (exact) mass is 345 g/mol. The number of nitriles is 1. The van der Waals surface area contributed by atoms with E-state index in [4.69, 9.17) is 14.7 Å². The van der Waals surface area contributed by atoms with Gasteiger partial charge in [-0.3, -0.25) is 0 Å². The first-order valence-electron chi connectivity index (χ1n) is 4.35. The van der Waals surface area contributed by atoms with Crippen LogP contribution in [0.1, 0.15) is 5.56 Å². The van der Waals surface area contributed by atoms with Gasteiger partial charge in [-0.05, 0) is 31.9 Å². The summed E-state index contributed by atoms with van der Waals surface area (Å²) in [6.07, 6.45) is 1.64. The molecule has 84 valence electrons. The number of methoxy groups -OCH3 is 1. The van der Waals surface area contributed by atoms with Crippen molar-refractivity contribution in [2.75, 3.05) is 13.7 Å². The van der Waals surface area contributed by atoms with E-state index in [-0.39, 0.29) is 0 Å². The lowest BCUT2D eigenvalue weighted by Gasteiger charge is -2.13. The number of hydrogen-bond donors (Lipinski definition) is 0. The van der Waals surface area contributed by atoms with E-state index in [1.807, 2.05) is 0 Å². The molecule has 0 unspecified atom stereocenters. The molecule has 0 aromatic heterocycles. The van der Waals surface area contributed by atoms with Gasteiger partial charge < -0.3 is 9.47 Å². The molecule has 0 N–H and O–H groups in total. The van der Waals surface area contributed by atoms with Gasteiger partial charge in [0.2, 0.25) is 0 Å². The molecule has 0 saturated carbocycles. The fourth-order valence-electron chi connectivity index (χ4n) is 1.10. The largest absolute Gasteiger partial charge is 0.493 e. The Morgan fingerprint density at radius 1 is 1.50 bits per heavy atom. The predicted octanol–water partition coefficient (Wildman–Crippen LogP) is 3.66. The molecule has 0 aliphatic carbocycles. The van der Waals surface area contributed by atoms with Gasteiger partial charge in [-0.1, -0.05) is 12.7 Å². The normalized spacial score (nSPS) is 9.38. The van der Waals surface area contributed by atoms with E-state index in [1.54, 1.807) is 12.1 Å². The number of halogens is 2. The maximum absolute atomic E-state index is 8.92. The Labute approximate surface area is 111 Å². The van der Waals surface area contributed by atoms with E-state index >= 15 is 0 Å². The van der Waals surface area contributed by atoms with Gasteiger partial charge >= 0.3 is 0 Å². The highest BCUT2D eigenvalue weighted by Crippen LogP contribution is 2.42. The third-order valence-electron chi connectivity index (χ3n) is 1.81. The van der Waals surface area contributed by atoms with Crippen LogP contribution in [0.4, 0.5) is 0 Å². The Bertz CT molecular complexity index is 452. The van der Waals surface area contributed by atoms with Crippen molar-refractivity contribution in [3.05, 3.63) is 33.2 Å². The molecule has 1 rings (SSSR count). The van der Waals surface area contributed by atoms with E-state index in [9.17, 15) is 0 Å². The molecule has 0 aliphatic rings. The second-order valence-electron chi connectivity index (χ2n) is 2.79. The minimum Gasteiger partial charge on any atom is -0.493 e. The molecule has 0 aliphatic heterocycles. The molecular formula is C11H9Br2NO2. The average Bonchev–Trinajstić information content (AvgIpc) is 2.31. The van der Waals surface area contributed by atoms with Crippen LogP contribution in [0.25, 0.3) is 0 Å².